The van der Waals surface area contributed by atoms with Crippen molar-refractivity contribution >= 4 is 17.5 Å². The van der Waals surface area contributed by atoms with Crippen molar-refractivity contribution in [3.8, 4) is 0 Å². The monoisotopic (exact) mass is 373 g/mol. The van der Waals surface area contributed by atoms with Crippen molar-refractivity contribution in [2.24, 2.45) is 0 Å². The molecule has 0 aromatic heterocycles. The number of nitrogens with one attached hydrogen (secondary N) is 1. The highest BCUT2D eigenvalue weighted by molar-refractivity contribution is 6.09. The van der Waals surface area contributed by atoms with Gasteiger partial charge in [-0.05, 0) is 70.0 Å². The van der Waals surface area contributed by atoms with Gasteiger partial charge < -0.3 is 19.9 Å². The second-order valence-electron chi connectivity index (χ2n) is 7.99. The Labute approximate surface area is 161 Å². The van der Waals surface area contributed by atoms with Gasteiger partial charge in [0.1, 0.15) is 0 Å². The first kappa shape index (κ1) is 19.8. The maximum atomic E-state index is 13.2. The SMILES string of the molecule is COCCCN1CCC2(CC1)C(=O)N(C)c1ccc(C(=O)NC(C)C)cc12. The lowest BCUT2D eigenvalue weighted by atomic mass is 9.73. The summed E-state index contributed by atoms with van der Waals surface area (Å²) in [4.78, 5) is 29.8. The maximum Gasteiger partial charge on any atom is 0.251 e. The summed E-state index contributed by atoms with van der Waals surface area (Å²) >= 11 is 0. The van der Waals surface area contributed by atoms with E-state index in [-0.39, 0.29) is 17.9 Å². The molecule has 2 aliphatic rings. The number of piperidine rings is 1. The molecule has 1 aromatic carbocycles. The Bertz CT molecular complexity index is 709. The summed E-state index contributed by atoms with van der Waals surface area (Å²) in [5.41, 5.74) is 2.10. The lowest BCUT2D eigenvalue weighted by Gasteiger charge is -2.38. The zero-order valence-electron chi connectivity index (χ0n) is 16.9. The van der Waals surface area contributed by atoms with Gasteiger partial charge in [0.2, 0.25) is 5.91 Å². The van der Waals surface area contributed by atoms with Crippen LogP contribution in [0.25, 0.3) is 0 Å². The maximum absolute atomic E-state index is 13.2. The van der Waals surface area contributed by atoms with Crippen molar-refractivity contribution in [3.05, 3.63) is 29.3 Å². The van der Waals surface area contributed by atoms with Crippen LogP contribution in [-0.2, 0) is 14.9 Å². The topological polar surface area (TPSA) is 61.9 Å². The Morgan fingerprint density at radius 3 is 2.63 bits per heavy atom. The van der Waals surface area contributed by atoms with Gasteiger partial charge in [-0.25, -0.2) is 0 Å². The van der Waals surface area contributed by atoms with E-state index in [0.717, 1.165) is 56.8 Å². The minimum Gasteiger partial charge on any atom is -0.385 e. The fourth-order valence-corrected chi connectivity index (χ4v) is 4.32. The number of methoxy groups -OCH3 is 1. The van der Waals surface area contributed by atoms with Crippen LogP contribution < -0.4 is 10.2 Å². The lowest BCUT2D eigenvalue weighted by Crippen LogP contribution is -2.48. The molecule has 1 aromatic rings. The molecule has 1 N–H and O–H groups in total. The molecule has 148 valence electrons. The number of likely N-dealkylation sites (N-methyl/N-ethyl adjacent to an activating group) is 1. The van der Waals surface area contributed by atoms with Crippen LogP contribution >= 0.6 is 0 Å². The number of anilines is 1. The second-order valence-corrected chi connectivity index (χ2v) is 7.99. The van der Waals surface area contributed by atoms with Gasteiger partial charge in [0.25, 0.3) is 5.91 Å². The van der Waals surface area contributed by atoms with Crippen LogP contribution in [0.1, 0.15) is 49.0 Å². The van der Waals surface area contributed by atoms with Gasteiger partial charge in [-0.1, -0.05) is 0 Å². The van der Waals surface area contributed by atoms with E-state index in [4.69, 9.17) is 4.74 Å². The van der Waals surface area contributed by atoms with Crippen LogP contribution in [0.3, 0.4) is 0 Å². The van der Waals surface area contributed by atoms with Crippen molar-refractivity contribution < 1.29 is 14.3 Å². The molecular formula is C21H31N3O3. The molecule has 2 aliphatic heterocycles. The molecule has 0 bridgehead atoms. The first-order chi connectivity index (χ1) is 12.9. The molecule has 2 amide bonds. The zero-order chi connectivity index (χ0) is 19.6. The molecule has 1 saturated heterocycles. The Hall–Kier alpha value is -1.92. The summed E-state index contributed by atoms with van der Waals surface area (Å²) < 4.78 is 5.14. The van der Waals surface area contributed by atoms with Crippen LogP contribution in [-0.4, -0.2) is 63.2 Å². The summed E-state index contributed by atoms with van der Waals surface area (Å²) in [6.45, 7) is 7.45. The molecule has 6 nitrogen and oxygen atoms in total. The number of carbonyl (C=O) groups is 2. The molecule has 2 heterocycles. The second kappa shape index (κ2) is 7.98. The van der Waals surface area contributed by atoms with E-state index in [1.807, 2.05) is 39.1 Å². The Kier molecular flexibility index (Phi) is 5.86. The first-order valence-electron chi connectivity index (χ1n) is 9.84. The third-order valence-corrected chi connectivity index (χ3v) is 5.80. The number of rotatable bonds is 6. The van der Waals surface area contributed by atoms with Gasteiger partial charge in [-0.3, -0.25) is 9.59 Å². The highest BCUT2D eigenvalue weighted by atomic mass is 16.5. The van der Waals surface area contributed by atoms with Crippen molar-refractivity contribution in [1.82, 2.24) is 10.2 Å². The molecule has 0 unspecified atom stereocenters. The van der Waals surface area contributed by atoms with E-state index >= 15 is 0 Å². The average molecular weight is 373 g/mol. The van der Waals surface area contributed by atoms with Gasteiger partial charge in [0, 0.05) is 44.6 Å². The fraction of sp³-hybridized carbons (Fsp3) is 0.619. The van der Waals surface area contributed by atoms with Crippen molar-refractivity contribution in [3.63, 3.8) is 0 Å². The van der Waals surface area contributed by atoms with Crippen LogP contribution in [0.2, 0.25) is 0 Å². The van der Waals surface area contributed by atoms with E-state index < -0.39 is 5.41 Å². The summed E-state index contributed by atoms with van der Waals surface area (Å²) in [5, 5.41) is 2.94. The number of nitrogens with zero attached hydrogens (tertiary/aromatic N) is 2. The average Bonchev–Trinajstić information content (AvgIpc) is 2.85. The zero-order valence-corrected chi connectivity index (χ0v) is 16.9. The number of amides is 2. The number of fused-ring (bicyclic) bond motifs is 2. The summed E-state index contributed by atoms with van der Waals surface area (Å²) in [5.74, 6) is 0.0809. The van der Waals surface area contributed by atoms with Gasteiger partial charge in [-0.15, -0.1) is 0 Å². The minimum absolute atomic E-state index is 0.0815. The van der Waals surface area contributed by atoms with Gasteiger partial charge in [0.05, 0.1) is 5.41 Å². The molecular weight excluding hydrogens is 342 g/mol. The highest BCUT2D eigenvalue weighted by Gasteiger charge is 2.51. The first-order valence-corrected chi connectivity index (χ1v) is 9.84. The Morgan fingerprint density at radius 1 is 1.30 bits per heavy atom. The van der Waals surface area contributed by atoms with Crippen LogP contribution in [0.15, 0.2) is 18.2 Å². The van der Waals surface area contributed by atoms with E-state index in [1.54, 1.807) is 12.0 Å². The minimum atomic E-state index is -0.490. The standard InChI is InChI=1S/C21H31N3O3/c1-15(2)22-19(25)16-6-7-18-17(14-16)21(20(26)23(18)3)8-11-24(12-9-21)10-5-13-27-4/h6-7,14-15H,5,8-13H2,1-4H3,(H,22,25). The highest BCUT2D eigenvalue weighted by Crippen LogP contribution is 2.47. The Balaban J connectivity index is 1.82. The third kappa shape index (κ3) is 3.73. The van der Waals surface area contributed by atoms with E-state index in [1.165, 1.54) is 0 Å². The molecule has 0 aliphatic carbocycles. The molecule has 0 saturated carbocycles. The number of hydrogen-bond donors (Lipinski definition) is 1. The molecule has 0 radical (unpaired) electrons. The van der Waals surface area contributed by atoms with Gasteiger partial charge >= 0.3 is 0 Å². The molecule has 1 spiro atoms. The predicted octanol–water partition coefficient (Wildman–Crippen LogP) is 2.17. The van der Waals surface area contributed by atoms with Gasteiger partial charge in [0.15, 0.2) is 0 Å². The van der Waals surface area contributed by atoms with E-state index in [2.05, 4.69) is 10.2 Å². The molecule has 6 heteroatoms. The molecule has 27 heavy (non-hydrogen) atoms. The smallest absolute Gasteiger partial charge is 0.251 e. The summed E-state index contributed by atoms with van der Waals surface area (Å²) in [6.07, 6.45) is 2.60. The number of benzene rings is 1. The Morgan fingerprint density at radius 2 is 2.00 bits per heavy atom. The molecule has 3 rings (SSSR count). The lowest BCUT2D eigenvalue weighted by molar-refractivity contribution is -0.124. The van der Waals surface area contributed by atoms with Crippen molar-refractivity contribution in [2.45, 2.75) is 44.6 Å². The third-order valence-electron chi connectivity index (χ3n) is 5.80. The normalized spacial score (nSPS) is 19.0. The van der Waals surface area contributed by atoms with Crippen molar-refractivity contribution in [2.75, 3.05) is 45.3 Å². The van der Waals surface area contributed by atoms with E-state index in [9.17, 15) is 9.59 Å². The van der Waals surface area contributed by atoms with Gasteiger partial charge in [-0.2, -0.15) is 0 Å². The van der Waals surface area contributed by atoms with Crippen LogP contribution in [0.5, 0.6) is 0 Å². The number of likely N-dealkylation sites (tertiary alicyclic amines) is 1. The quantitative estimate of drug-likeness (QED) is 0.777. The number of hydrogen-bond acceptors (Lipinski definition) is 4. The number of carbonyl (C=O) groups excluding carboxylic acids is 2. The van der Waals surface area contributed by atoms with Crippen molar-refractivity contribution in [1.29, 1.82) is 0 Å². The summed E-state index contributed by atoms with van der Waals surface area (Å²) in [7, 11) is 3.57. The summed E-state index contributed by atoms with van der Waals surface area (Å²) in [6, 6.07) is 5.76. The van der Waals surface area contributed by atoms with Crippen LogP contribution in [0, 0.1) is 0 Å². The fourth-order valence-electron chi connectivity index (χ4n) is 4.32. The number of ether oxygens (including phenoxy) is 1. The predicted molar refractivity (Wildman–Crippen MR) is 106 cm³/mol. The molecule has 1 fully saturated rings. The largest absolute Gasteiger partial charge is 0.385 e. The molecule has 0 atom stereocenters. The van der Waals surface area contributed by atoms with Crippen LogP contribution in [0.4, 0.5) is 5.69 Å². The van der Waals surface area contributed by atoms with E-state index in [0.29, 0.717) is 5.56 Å².